The van der Waals surface area contributed by atoms with Crippen LogP contribution in [0, 0.1) is 17.7 Å². The van der Waals surface area contributed by atoms with Gasteiger partial charge in [0.1, 0.15) is 17.6 Å². The zero-order chi connectivity index (χ0) is 36.4. The van der Waals surface area contributed by atoms with E-state index < -0.39 is 59.7 Å². The van der Waals surface area contributed by atoms with Crippen LogP contribution in [0.3, 0.4) is 0 Å². The molecule has 2 amide bonds. The number of ether oxygens (including phenoxy) is 3. The number of Topliss-reactive ketones (excluding diaryl/α,β-unsaturated/α-hetero) is 2. The van der Waals surface area contributed by atoms with Gasteiger partial charge in [0.05, 0.1) is 23.5 Å². The smallest absolute Gasteiger partial charge is 0.405 e. The Labute approximate surface area is 286 Å². The third-order valence-electron chi connectivity index (χ3n) is 8.50. The number of primary amides is 1. The summed E-state index contributed by atoms with van der Waals surface area (Å²) >= 11 is 0. The SMILES string of the molecule is C=CCNC1=C2C[C@@H](C)C[C@H](OC)[C@H](O)[C@@H](C)/C=C(/C)[C@H](OC(N)=O)[C@@H](OC)/C=C\C=C(\C)C(=O)NC(=C(c3ccc(F)cc3)C1=O)C2=O. The Morgan fingerprint density at radius 1 is 1.12 bits per heavy atom. The quantitative estimate of drug-likeness (QED) is 0.244. The molecule has 0 fully saturated rings. The highest BCUT2D eigenvalue weighted by atomic mass is 19.1. The lowest BCUT2D eigenvalue weighted by molar-refractivity contribution is -0.120. The van der Waals surface area contributed by atoms with E-state index in [0.29, 0.717) is 5.57 Å². The van der Waals surface area contributed by atoms with Gasteiger partial charge in [0.15, 0.2) is 6.10 Å². The topological polar surface area (TPSA) is 166 Å². The maximum atomic E-state index is 14.3. The Balaban J connectivity index is 2.24. The number of hydrogen-bond donors (Lipinski definition) is 4. The van der Waals surface area contributed by atoms with Crippen molar-refractivity contribution in [1.82, 2.24) is 10.6 Å². The minimum atomic E-state index is -1.03. The number of ketones is 2. The number of allylic oxidation sites excluding steroid dienone is 4. The Bertz CT molecular complexity index is 1590. The zero-order valence-corrected chi connectivity index (χ0v) is 28.7. The summed E-state index contributed by atoms with van der Waals surface area (Å²) in [5.41, 5.74) is 6.19. The molecule has 264 valence electrons. The first kappa shape index (κ1) is 38.8. The number of nitrogens with one attached hydrogen (secondary N) is 2. The minimum absolute atomic E-state index is 0.0442. The molecule has 0 saturated heterocycles. The van der Waals surface area contributed by atoms with Gasteiger partial charge in [-0.1, -0.05) is 56.4 Å². The van der Waals surface area contributed by atoms with E-state index in [0.717, 1.165) is 12.1 Å². The molecule has 0 spiro atoms. The van der Waals surface area contributed by atoms with Gasteiger partial charge < -0.3 is 35.7 Å². The number of nitrogens with two attached hydrogens (primary N) is 1. The van der Waals surface area contributed by atoms with E-state index in [9.17, 15) is 28.7 Å². The van der Waals surface area contributed by atoms with Gasteiger partial charge in [-0.3, -0.25) is 14.4 Å². The summed E-state index contributed by atoms with van der Waals surface area (Å²) in [5, 5.41) is 17.0. The van der Waals surface area contributed by atoms with Crippen LogP contribution >= 0.6 is 0 Å². The number of halogens is 1. The number of carbonyl (C=O) groups excluding carboxylic acids is 4. The third-order valence-corrected chi connectivity index (χ3v) is 8.50. The number of carbonyl (C=O) groups is 4. The average Bonchev–Trinajstić information content (AvgIpc) is 3.06. The summed E-state index contributed by atoms with van der Waals surface area (Å²) in [6.45, 7) is 10.8. The highest BCUT2D eigenvalue weighted by Gasteiger charge is 2.38. The average molecular weight is 680 g/mol. The molecule has 0 aromatic heterocycles. The molecule has 2 bridgehead atoms. The fourth-order valence-corrected chi connectivity index (χ4v) is 5.92. The lowest BCUT2D eigenvalue weighted by Gasteiger charge is -2.30. The van der Waals surface area contributed by atoms with Gasteiger partial charge in [-0.05, 0) is 55.9 Å². The maximum absolute atomic E-state index is 14.3. The van der Waals surface area contributed by atoms with Crippen LogP contribution in [0.4, 0.5) is 9.18 Å². The second kappa shape index (κ2) is 17.7. The summed E-state index contributed by atoms with van der Waals surface area (Å²) in [6, 6.07) is 5.06. The predicted molar refractivity (Wildman–Crippen MR) is 183 cm³/mol. The van der Waals surface area contributed by atoms with E-state index >= 15 is 0 Å². The lowest BCUT2D eigenvalue weighted by atomic mass is 9.81. The molecule has 11 nitrogen and oxygen atoms in total. The van der Waals surface area contributed by atoms with Crippen molar-refractivity contribution in [2.75, 3.05) is 20.8 Å². The molecule has 2 aliphatic rings. The van der Waals surface area contributed by atoms with Crippen molar-refractivity contribution in [2.24, 2.45) is 17.6 Å². The van der Waals surface area contributed by atoms with E-state index in [1.807, 2.05) is 6.92 Å². The van der Waals surface area contributed by atoms with Crippen molar-refractivity contribution in [1.29, 1.82) is 0 Å². The number of hydrogen-bond acceptors (Lipinski definition) is 9. The monoisotopic (exact) mass is 679 g/mol. The second-order valence-electron chi connectivity index (χ2n) is 12.3. The summed E-state index contributed by atoms with van der Waals surface area (Å²) in [4.78, 5) is 53.9. The van der Waals surface area contributed by atoms with Crippen molar-refractivity contribution < 1.29 is 42.9 Å². The highest BCUT2D eigenvalue weighted by molar-refractivity contribution is 6.39. The van der Waals surface area contributed by atoms with Crippen LogP contribution in [0.5, 0.6) is 0 Å². The molecule has 1 aromatic carbocycles. The highest BCUT2D eigenvalue weighted by Crippen LogP contribution is 2.34. The van der Waals surface area contributed by atoms with Gasteiger partial charge >= 0.3 is 6.09 Å². The number of aliphatic hydroxyl groups is 1. The van der Waals surface area contributed by atoms with Crippen LogP contribution in [0.1, 0.15) is 46.1 Å². The van der Waals surface area contributed by atoms with E-state index in [1.165, 1.54) is 45.4 Å². The van der Waals surface area contributed by atoms with Crippen molar-refractivity contribution in [3.8, 4) is 0 Å². The first-order valence-corrected chi connectivity index (χ1v) is 16.0. The van der Waals surface area contributed by atoms with E-state index in [2.05, 4.69) is 17.2 Å². The van der Waals surface area contributed by atoms with Crippen molar-refractivity contribution >= 4 is 29.1 Å². The predicted octanol–water partition coefficient (Wildman–Crippen LogP) is 4.20. The standard InChI is InChI=1S/C37H46FN3O8/c1-8-16-40-30-26-17-20(2)18-28(48-7)32(42)22(4)19-23(5)35(49-37(39)46)27(47-6)11-9-10-21(3)36(45)41-31(33(26)43)29(34(30)44)24-12-14-25(38)15-13-24/h8-15,19-20,22,27-28,32,35,40,42H,1,16-18H2,2-7H3,(H2,39,46)(H,41,45)/b11-9-,21-10-,23-19-/t20-,22+,27+,28+,32-,35+/m1/s1. The summed E-state index contributed by atoms with van der Waals surface area (Å²) in [7, 11) is 2.88. The van der Waals surface area contributed by atoms with Gasteiger partial charge in [-0.25, -0.2) is 9.18 Å². The van der Waals surface area contributed by atoms with Crippen molar-refractivity contribution in [3.05, 3.63) is 101 Å². The van der Waals surface area contributed by atoms with Crippen LogP contribution in [-0.2, 0) is 28.6 Å². The maximum Gasteiger partial charge on any atom is 0.405 e. The molecule has 1 aliphatic carbocycles. The molecule has 12 heteroatoms. The molecule has 0 saturated carbocycles. The first-order chi connectivity index (χ1) is 23.2. The van der Waals surface area contributed by atoms with Crippen molar-refractivity contribution in [2.45, 2.75) is 65.0 Å². The van der Waals surface area contributed by atoms with Gasteiger partial charge in [0.2, 0.25) is 11.6 Å². The molecule has 1 aliphatic heterocycles. The van der Waals surface area contributed by atoms with E-state index in [4.69, 9.17) is 19.9 Å². The first-order valence-electron chi connectivity index (χ1n) is 16.0. The molecule has 3 rings (SSSR count). The largest absolute Gasteiger partial charge is 0.439 e. The summed E-state index contributed by atoms with van der Waals surface area (Å²) in [6.07, 6.45) is 3.69. The number of rotatable bonds is 7. The molecular weight excluding hydrogens is 633 g/mol. The summed E-state index contributed by atoms with van der Waals surface area (Å²) < 4.78 is 30.6. The van der Waals surface area contributed by atoms with Crippen LogP contribution in [0.2, 0.25) is 0 Å². The number of fused-ring (bicyclic) bond motifs is 2. The molecular formula is C37H46FN3O8. The van der Waals surface area contributed by atoms with Gasteiger partial charge in [-0.15, -0.1) is 6.58 Å². The van der Waals surface area contributed by atoms with Gasteiger partial charge in [-0.2, -0.15) is 0 Å². The zero-order valence-electron chi connectivity index (χ0n) is 28.7. The minimum Gasteiger partial charge on any atom is -0.439 e. The number of amides is 2. The van der Waals surface area contributed by atoms with Crippen molar-refractivity contribution in [3.63, 3.8) is 0 Å². The van der Waals surface area contributed by atoms with Gasteiger partial charge in [0, 0.05) is 37.8 Å². The lowest BCUT2D eigenvalue weighted by Crippen LogP contribution is -2.39. The fraction of sp³-hybridized carbons (Fsp3) is 0.405. The normalized spacial score (nSPS) is 28.9. The van der Waals surface area contributed by atoms with Crippen LogP contribution < -0.4 is 16.4 Å². The van der Waals surface area contributed by atoms with Crippen LogP contribution in [0.25, 0.3) is 5.57 Å². The van der Waals surface area contributed by atoms with E-state index in [1.54, 1.807) is 32.1 Å². The van der Waals surface area contributed by atoms with Crippen LogP contribution in [0.15, 0.2) is 89.3 Å². The molecule has 0 unspecified atom stereocenters. The molecule has 1 heterocycles. The fourth-order valence-electron chi connectivity index (χ4n) is 5.92. The Hall–Kier alpha value is -4.65. The molecule has 0 radical (unpaired) electrons. The third kappa shape index (κ3) is 9.71. The summed E-state index contributed by atoms with van der Waals surface area (Å²) in [5.74, 6) is -3.14. The molecule has 1 aromatic rings. The number of benzene rings is 1. The molecule has 6 atom stereocenters. The second-order valence-corrected chi connectivity index (χ2v) is 12.3. The number of methoxy groups -OCH3 is 2. The van der Waals surface area contributed by atoms with E-state index in [-0.39, 0.29) is 59.0 Å². The Kier molecular flexibility index (Phi) is 14.0. The Morgan fingerprint density at radius 3 is 2.39 bits per heavy atom. The van der Waals surface area contributed by atoms with Crippen LogP contribution in [-0.4, -0.2) is 73.9 Å². The van der Waals surface area contributed by atoms with Gasteiger partial charge in [0.25, 0.3) is 5.91 Å². The molecule has 49 heavy (non-hydrogen) atoms. The Morgan fingerprint density at radius 2 is 1.80 bits per heavy atom. The molecule has 5 N–H and O–H groups in total. The number of aliphatic hydroxyl groups excluding tert-OH is 1.